The first kappa shape index (κ1) is 16.6. The minimum absolute atomic E-state index is 0.0876. The lowest BCUT2D eigenvalue weighted by molar-refractivity contribution is 0.0616. The Hall–Kier alpha value is -2.83. The topological polar surface area (TPSA) is 81.9 Å². The lowest BCUT2D eigenvalue weighted by Gasteiger charge is -2.30. The van der Waals surface area contributed by atoms with Crippen LogP contribution in [-0.2, 0) is 0 Å². The number of likely N-dealkylation sites (tertiary alicyclic amines) is 1. The molecule has 2 aromatic rings. The van der Waals surface area contributed by atoms with Gasteiger partial charge in [-0.15, -0.1) is 0 Å². The van der Waals surface area contributed by atoms with Crippen LogP contribution in [0.1, 0.15) is 39.4 Å². The average Bonchev–Trinajstić information content (AvgIpc) is 3.13. The number of ether oxygens (including phenoxy) is 2. The van der Waals surface area contributed by atoms with E-state index in [4.69, 9.17) is 14.0 Å². The molecule has 0 bridgehead atoms. The molecule has 1 fully saturated rings. The summed E-state index contributed by atoms with van der Waals surface area (Å²) < 4.78 is 16.1. The molecule has 7 heteroatoms. The van der Waals surface area contributed by atoms with Crippen molar-refractivity contribution in [3.63, 3.8) is 0 Å². The van der Waals surface area contributed by atoms with Gasteiger partial charge in [0.1, 0.15) is 13.2 Å². The van der Waals surface area contributed by atoms with Crippen LogP contribution in [0.25, 0.3) is 0 Å². The molecule has 4 rings (SSSR count). The van der Waals surface area contributed by atoms with Gasteiger partial charge in [0.25, 0.3) is 5.91 Å². The summed E-state index contributed by atoms with van der Waals surface area (Å²) in [6, 6.07) is 6.96. The zero-order chi connectivity index (χ0) is 18.1. The first-order valence-corrected chi connectivity index (χ1v) is 8.78. The summed E-state index contributed by atoms with van der Waals surface area (Å²) >= 11 is 0. The third-order valence-corrected chi connectivity index (χ3v) is 4.82. The van der Waals surface area contributed by atoms with Crippen molar-refractivity contribution in [2.24, 2.45) is 5.92 Å². The van der Waals surface area contributed by atoms with Crippen LogP contribution in [0.15, 0.2) is 28.8 Å². The number of amides is 1. The van der Waals surface area contributed by atoms with Crippen LogP contribution in [0.3, 0.4) is 0 Å². The molecule has 1 aromatic heterocycles. The van der Waals surface area contributed by atoms with Crippen LogP contribution < -0.4 is 9.47 Å². The first-order chi connectivity index (χ1) is 12.6. The predicted octanol–water partition coefficient (Wildman–Crippen LogP) is 2.49. The third kappa shape index (κ3) is 3.16. The highest BCUT2D eigenvalue weighted by molar-refractivity contribution is 5.99. The molecule has 7 nitrogen and oxygen atoms in total. The third-order valence-electron chi connectivity index (χ3n) is 4.82. The molecule has 26 heavy (non-hydrogen) atoms. The number of carbonyl (C=O) groups is 2. The molecule has 0 unspecified atom stereocenters. The minimum Gasteiger partial charge on any atom is -0.486 e. The van der Waals surface area contributed by atoms with Crippen LogP contribution in [0.2, 0.25) is 0 Å². The van der Waals surface area contributed by atoms with E-state index in [0.717, 1.165) is 0 Å². The number of rotatable bonds is 3. The summed E-state index contributed by atoms with van der Waals surface area (Å²) in [5.41, 5.74) is 1.31. The van der Waals surface area contributed by atoms with E-state index in [2.05, 4.69) is 5.16 Å². The fourth-order valence-electron chi connectivity index (χ4n) is 3.40. The molecule has 2 aliphatic heterocycles. The fraction of sp³-hybridized carbons (Fsp3) is 0.421. The van der Waals surface area contributed by atoms with Gasteiger partial charge in [0.15, 0.2) is 17.3 Å². The zero-order valence-corrected chi connectivity index (χ0v) is 14.6. The molecule has 0 saturated carbocycles. The number of aryl methyl sites for hydroxylation is 1. The number of piperidine rings is 1. The molecule has 3 heterocycles. The van der Waals surface area contributed by atoms with Crippen LogP contribution in [0.4, 0.5) is 0 Å². The highest BCUT2D eigenvalue weighted by Gasteiger charge is 2.30. The Balaban J connectivity index is 1.40. The molecule has 1 saturated heterocycles. The average molecular weight is 356 g/mol. The SMILES string of the molecule is Cc1cc(C(=O)N2CCC(C(=O)c3ccc4c(c3)OCCO4)CC2)on1. The number of ketones is 1. The van der Waals surface area contributed by atoms with Gasteiger partial charge < -0.3 is 18.9 Å². The van der Waals surface area contributed by atoms with E-state index < -0.39 is 0 Å². The molecule has 0 N–H and O–H groups in total. The van der Waals surface area contributed by atoms with Gasteiger partial charge in [-0.05, 0) is 38.0 Å². The Morgan fingerprint density at radius 3 is 2.50 bits per heavy atom. The van der Waals surface area contributed by atoms with Crippen molar-refractivity contribution in [2.75, 3.05) is 26.3 Å². The lowest BCUT2D eigenvalue weighted by Crippen LogP contribution is -2.40. The lowest BCUT2D eigenvalue weighted by atomic mass is 9.88. The molecule has 136 valence electrons. The number of Topliss-reactive ketones (excluding diaryl/α,β-unsaturated/α-hetero) is 1. The van der Waals surface area contributed by atoms with E-state index >= 15 is 0 Å². The number of hydrogen-bond donors (Lipinski definition) is 0. The highest BCUT2D eigenvalue weighted by Crippen LogP contribution is 2.32. The van der Waals surface area contributed by atoms with E-state index in [0.29, 0.717) is 61.9 Å². The Kier molecular flexibility index (Phi) is 4.36. The number of benzene rings is 1. The maximum atomic E-state index is 12.8. The molecule has 0 atom stereocenters. The monoisotopic (exact) mass is 356 g/mol. The molecule has 1 amide bonds. The van der Waals surface area contributed by atoms with Crippen molar-refractivity contribution in [3.05, 3.63) is 41.3 Å². The second-order valence-corrected chi connectivity index (χ2v) is 6.62. The van der Waals surface area contributed by atoms with Gasteiger partial charge in [-0.25, -0.2) is 0 Å². The van der Waals surface area contributed by atoms with E-state index in [-0.39, 0.29) is 23.4 Å². The predicted molar refractivity (Wildman–Crippen MR) is 91.6 cm³/mol. The van der Waals surface area contributed by atoms with Gasteiger partial charge in [0.2, 0.25) is 5.76 Å². The van der Waals surface area contributed by atoms with Gasteiger partial charge in [-0.2, -0.15) is 0 Å². The van der Waals surface area contributed by atoms with Crippen LogP contribution >= 0.6 is 0 Å². The Labute approximate surface area is 150 Å². The number of hydrogen-bond acceptors (Lipinski definition) is 6. The summed E-state index contributed by atoms with van der Waals surface area (Å²) in [6.07, 6.45) is 1.26. The molecule has 2 aliphatic rings. The van der Waals surface area contributed by atoms with Gasteiger partial charge in [0, 0.05) is 30.6 Å². The van der Waals surface area contributed by atoms with Crippen molar-refractivity contribution in [1.29, 1.82) is 0 Å². The molecule has 0 aliphatic carbocycles. The fourth-order valence-corrected chi connectivity index (χ4v) is 3.40. The van der Waals surface area contributed by atoms with Crippen molar-refractivity contribution >= 4 is 11.7 Å². The first-order valence-electron chi connectivity index (χ1n) is 8.78. The van der Waals surface area contributed by atoms with Crippen molar-refractivity contribution < 1.29 is 23.6 Å². The Morgan fingerprint density at radius 1 is 1.08 bits per heavy atom. The van der Waals surface area contributed by atoms with E-state index in [1.807, 2.05) is 0 Å². The summed E-state index contributed by atoms with van der Waals surface area (Å²) in [5.74, 6) is 1.36. The van der Waals surface area contributed by atoms with Gasteiger partial charge in [0.05, 0.1) is 5.69 Å². The number of fused-ring (bicyclic) bond motifs is 1. The summed E-state index contributed by atoms with van der Waals surface area (Å²) in [7, 11) is 0. The smallest absolute Gasteiger partial charge is 0.292 e. The standard InChI is InChI=1S/C19H20N2O5/c1-12-10-17(26-20-12)19(23)21-6-4-13(5-7-21)18(22)14-2-3-15-16(11-14)25-9-8-24-15/h2-3,10-11,13H,4-9H2,1H3. The molecular weight excluding hydrogens is 336 g/mol. The largest absolute Gasteiger partial charge is 0.486 e. The van der Waals surface area contributed by atoms with Crippen LogP contribution in [0.5, 0.6) is 11.5 Å². The van der Waals surface area contributed by atoms with E-state index in [1.54, 1.807) is 36.1 Å². The van der Waals surface area contributed by atoms with Crippen LogP contribution in [0, 0.1) is 12.8 Å². The van der Waals surface area contributed by atoms with E-state index in [9.17, 15) is 9.59 Å². The van der Waals surface area contributed by atoms with Gasteiger partial charge >= 0.3 is 0 Å². The van der Waals surface area contributed by atoms with Crippen molar-refractivity contribution in [3.8, 4) is 11.5 Å². The quantitative estimate of drug-likeness (QED) is 0.786. The molecular formula is C19H20N2O5. The van der Waals surface area contributed by atoms with Crippen molar-refractivity contribution in [1.82, 2.24) is 10.1 Å². The molecule has 0 spiro atoms. The van der Waals surface area contributed by atoms with Gasteiger partial charge in [-0.3, -0.25) is 9.59 Å². The minimum atomic E-state index is -0.171. The summed E-state index contributed by atoms with van der Waals surface area (Å²) in [6.45, 7) is 3.85. The van der Waals surface area contributed by atoms with E-state index in [1.165, 1.54) is 0 Å². The second kappa shape index (κ2) is 6.82. The summed E-state index contributed by atoms with van der Waals surface area (Å²) in [5, 5.41) is 3.75. The Morgan fingerprint density at radius 2 is 1.81 bits per heavy atom. The zero-order valence-electron chi connectivity index (χ0n) is 14.6. The van der Waals surface area contributed by atoms with Crippen LogP contribution in [-0.4, -0.2) is 48.1 Å². The number of carbonyl (C=O) groups excluding carboxylic acids is 2. The maximum Gasteiger partial charge on any atom is 0.292 e. The molecule has 1 aromatic carbocycles. The number of aromatic nitrogens is 1. The van der Waals surface area contributed by atoms with Gasteiger partial charge in [-0.1, -0.05) is 5.16 Å². The summed E-state index contributed by atoms with van der Waals surface area (Å²) in [4.78, 5) is 26.9. The molecule has 0 radical (unpaired) electrons. The maximum absolute atomic E-state index is 12.8. The highest BCUT2D eigenvalue weighted by atomic mass is 16.6. The number of nitrogens with zero attached hydrogens (tertiary/aromatic N) is 2. The van der Waals surface area contributed by atoms with Crippen molar-refractivity contribution in [2.45, 2.75) is 19.8 Å². The second-order valence-electron chi connectivity index (χ2n) is 6.62. The Bertz CT molecular complexity index is 836. The normalized spacial score (nSPS) is 17.2.